The normalized spacial score (nSPS) is 12.4. The molecule has 36 heavy (non-hydrogen) atoms. The third kappa shape index (κ3) is 11.2. The van der Waals surface area contributed by atoms with Gasteiger partial charge in [0.15, 0.2) is 0 Å². The van der Waals surface area contributed by atoms with E-state index in [1.165, 1.54) is 12.1 Å². The molecule has 0 saturated heterocycles. The van der Waals surface area contributed by atoms with Crippen LogP contribution in [0.5, 0.6) is 11.5 Å². The Kier molecular flexibility index (Phi) is 14.3. The summed E-state index contributed by atoms with van der Waals surface area (Å²) in [5.74, 6) is -0.0913. The van der Waals surface area contributed by atoms with Gasteiger partial charge in [-0.05, 0) is 31.4 Å². The third-order valence-corrected chi connectivity index (χ3v) is 5.39. The van der Waals surface area contributed by atoms with Gasteiger partial charge in [-0.25, -0.2) is 20.2 Å². The third-order valence-electron chi connectivity index (χ3n) is 4.58. The average molecular weight is 517 g/mol. The molecule has 0 fully saturated rings. The zero-order valence-electron chi connectivity index (χ0n) is 20.0. The van der Waals surface area contributed by atoms with E-state index in [0.29, 0.717) is 13.0 Å². The fourth-order valence-electron chi connectivity index (χ4n) is 2.82. The van der Waals surface area contributed by atoms with Crippen LogP contribution in [0.4, 0.5) is 0 Å². The van der Waals surface area contributed by atoms with Crippen LogP contribution in [0.15, 0.2) is 12.1 Å². The highest BCUT2D eigenvalue weighted by atomic mass is 32.2. The molecule has 192 valence electrons. The van der Waals surface area contributed by atoms with Crippen molar-refractivity contribution in [3.05, 3.63) is 45.4 Å². The molecule has 0 radical (unpaired) electrons. The Morgan fingerprint density at radius 1 is 0.861 bits per heavy atom. The van der Waals surface area contributed by atoms with E-state index in [4.69, 9.17) is 36.6 Å². The van der Waals surface area contributed by atoms with E-state index in [1.54, 1.807) is 0 Å². The lowest BCUT2D eigenvalue weighted by atomic mass is 10.1. The van der Waals surface area contributed by atoms with Gasteiger partial charge in [0.1, 0.15) is 24.7 Å². The first-order chi connectivity index (χ1) is 17.3. The maximum absolute atomic E-state index is 10.7. The minimum absolute atomic E-state index is 0.0207. The predicted molar refractivity (Wildman–Crippen MR) is 130 cm³/mol. The Morgan fingerprint density at radius 3 is 1.72 bits per heavy atom. The maximum atomic E-state index is 10.7. The fourth-order valence-corrected chi connectivity index (χ4v) is 3.39. The number of rotatable bonds is 16. The van der Waals surface area contributed by atoms with Crippen LogP contribution in [0, 0.1) is 35.8 Å². The lowest BCUT2D eigenvalue weighted by Crippen LogP contribution is -2.22. The molecule has 0 unspecified atom stereocenters. The Labute approximate surface area is 211 Å². The number of unbranched alkanes of at least 4 members (excludes halogenated alkanes) is 2. The van der Waals surface area contributed by atoms with Gasteiger partial charge < -0.3 is 18.9 Å². The van der Waals surface area contributed by atoms with E-state index < -0.39 is 10.1 Å². The SMILES string of the molecule is [C-]#[N+]C(C#N)=c1cc(OCCOCCCCS(=O)(=O)O)c(=C(C#N)[N+]#[C-])cc1OCCOCCCC. The highest BCUT2D eigenvalue weighted by molar-refractivity contribution is 7.85. The lowest BCUT2D eigenvalue weighted by Gasteiger charge is -2.13. The number of hydrogen-bond donors (Lipinski definition) is 1. The molecule has 0 aliphatic carbocycles. The summed E-state index contributed by atoms with van der Waals surface area (Å²) in [6.45, 7) is 18.1. The summed E-state index contributed by atoms with van der Waals surface area (Å²) in [5, 5.41) is 19.1. The van der Waals surface area contributed by atoms with E-state index in [-0.39, 0.29) is 78.5 Å². The van der Waals surface area contributed by atoms with E-state index in [1.807, 2.05) is 19.1 Å². The van der Waals surface area contributed by atoms with Gasteiger partial charge >= 0.3 is 0 Å². The Morgan fingerprint density at radius 2 is 1.33 bits per heavy atom. The summed E-state index contributed by atoms with van der Waals surface area (Å²) in [6, 6.07) is 6.40. The van der Waals surface area contributed by atoms with Crippen molar-refractivity contribution in [2.24, 2.45) is 0 Å². The molecule has 0 aliphatic heterocycles. The number of benzene rings is 1. The summed E-state index contributed by atoms with van der Waals surface area (Å²) < 4.78 is 52.4. The van der Waals surface area contributed by atoms with Crippen LogP contribution in [0.3, 0.4) is 0 Å². The van der Waals surface area contributed by atoms with Crippen LogP contribution in [0.2, 0.25) is 0 Å². The van der Waals surface area contributed by atoms with Crippen molar-refractivity contribution in [1.29, 1.82) is 10.5 Å². The number of nitriles is 2. The van der Waals surface area contributed by atoms with Crippen molar-refractivity contribution in [3.8, 4) is 23.6 Å². The molecule has 0 saturated carbocycles. The number of ether oxygens (including phenoxy) is 4. The first-order valence-corrected chi connectivity index (χ1v) is 12.8. The summed E-state index contributed by atoms with van der Waals surface area (Å²) >= 11 is 0. The quantitative estimate of drug-likeness (QED) is 0.198. The smallest absolute Gasteiger partial charge is 0.272 e. The highest BCUT2D eigenvalue weighted by Gasteiger charge is 2.12. The van der Waals surface area contributed by atoms with Crippen LogP contribution in [0.25, 0.3) is 21.1 Å². The molecule has 1 rings (SSSR count). The molecule has 1 aromatic carbocycles. The second kappa shape index (κ2) is 16.9. The first kappa shape index (κ1) is 30.4. The maximum Gasteiger partial charge on any atom is 0.272 e. The van der Waals surface area contributed by atoms with E-state index in [2.05, 4.69) is 9.69 Å². The summed E-state index contributed by atoms with van der Waals surface area (Å²) in [7, 11) is -4.00. The molecular weight excluding hydrogens is 488 g/mol. The lowest BCUT2D eigenvalue weighted by molar-refractivity contribution is 0.0963. The highest BCUT2D eigenvalue weighted by Crippen LogP contribution is 2.12. The molecule has 0 aromatic heterocycles. The van der Waals surface area contributed by atoms with Gasteiger partial charge in [-0.3, -0.25) is 4.55 Å². The molecule has 0 heterocycles. The van der Waals surface area contributed by atoms with Gasteiger partial charge in [-0.1, -0.05) is 13.3 Å². The van der Waals surface area contributed by atoms with Crippen LogP contribution >= 0.6 is 0 Å². The summed E-state index contributed by atoms with van der Waals surface area (Å²) in [6.07, 6.45) is 2.56. The summed E-state index contributed by atoms with van der Waals surface area (Å²) in [4.78, 5) is 6.47. The zero-order valence-corrected chi connectivity index (χ0v) is 20.8. The fraction of sp³-hybridized carbons (Fsp3) is 0.500. The van der Waals surface area contributed by atoms with E-state index in [0.717, 1.165) is 12.8 Å². The van der Waals surface area contributed by atoms with E-state index in [9.17, 15) is 18.9 Å². The van der Waals surface area contributed by atoms with Gasteiger partial charge in [0.05, 0.1) is 44.2 Å². The molecule has 0 bridgehead atoms. The van der Waals surface area contributed by atoms with Gasteiger partial charge in [0.2, 0.25) is 0 Å². The monoisotopic (exact) mass is 516 g/mol. The van der Waals surface area contributed by atoms with Crippen LogP contribution < -0.4 is 19.9 Å². The van der Waals surface area contributed by atoms with Crippen molar-refractivity contribution < 1.29 is 31.9 Å². The van der Waals surface area contributed by atoms with Gasteiger partial charge in [0, 0.05) is 23.7 Å². The minimum atomic E-state index is -4.00. The molecule has 1 N–H and O–H groups in total. The molecule has 0 atom stereocenters. The molecule has 1 aromatic rings. The van der Waals surface area contributed by atoms with Crippen LogP contribution in [0.1, 0.15) is 32.6 Å². The molecule has 0 aliphatic rings. The Bertz CT molecular complexity index is 1230. The number of nitrogens with zero attached hydrogens (tertiary/aromatic N) is 4. The van der Waals surface area contributed by atoms with Gasteiger partial charge in [-0.15, -0.1) is 0 Å². The second-order valence-electron chi connectivity index (χ2n) is 7.26. The van der Waals surface area contributed by atoms with Crippen molar-refractivity contribution in [2.45, 2.75) is 32.6 Å². The van der Waals surface area contributed by atoms with Crippen LogP contribution in [-0.4, -0.2) is 58.4 Å². The van der Waals surface area contributed by atoms with Crippen molar-refractivity contribution in [1.82, 2.24) is 0 Å². The molecular formula is C24H28N4O7S. The van der Waals surface area contributed by atoms with Crippen LogP contribution in [-0.2, 0) is 19.6 Å². The first-order valence-electron chi connectivity index (χ1n) is 11.1. The molecule has 12 heteroatoms. The predicted octanol–water partition coefficient (Wildman–Crippen LogP) is 2.05. The number of hydrogen-bond acceptors (Lipinski definition) is 8. The van der Waals surface area contributed by atoms with Crippen molar-refractivity contribution in [2.75, 3.05) is 45.4 Å². The topological polar surface area (TPSA) is 148 Å². The molecule has 0 spiro atoms. The summed E-state index contributed by atoms with van der Waals surface area (Å²) in [5.41, 5.74) is -0.502. The Hall–Kier alpha value is -3.65. The van der Waals surface area contributed by atoms with Gasteiger partial charge in [0.25, 0.3) is 21.5 Å². The minimum Gasteiger partial charge on any atom is -0.492 e. The molecule has 11 nitrogen and oxygen atoms in total. The van der Waals surface area contributed by atoms with Gasteiger partial charge in [-0.2, -0.15) is 8.42 Å². The Balaban J connectivity index is 3.08. The van der Waals surface area contributed by atoms with Crippen molar-refractivity contribution in [3.63, 3.8) is 0 Å². The second-order valence-corrected chi connectivity index (χ2v) is 8.83. The average Bonchev–Trinajstić information content (AvgIpc) is 2.85. The standard InChI is InChI=1S/C24H28N4O7S/c1-4-5-8-32-10-12-34-23-15-20(22(18-26)28-3)24(16-19(23)21(17-25)27-2)35-13-11-33-9-6-7-14-36(29,30)31/h15-16H,4-14H2,1H3,(H,29,30,31). The largest absolute Gasteiger partial charge is 0.492 e. The molecule has 0 amide bonds. The van der Waals surface area contributed by atoms with E-state index >= 15 is 0 Å². The van der Waals surface area contributed by atoms with Crippen molar-refractivity contribution >= 4 is 21.5 Å². The zero-order chi connectivity index (χ0) is 26.8.